The van der Waals surface area contributed by atoms with Gasteiger partial charge in [-0.2, -0.15) is 0 Å². The number of carbonyl (C=O) groups excluding carboxylic acids is 1. The molecule has 1 aliphatic carbocycles. The van der Waals surface area contributed by atoms with Gasteiger partial charge in [0, 0.05) is 31.2 Å². The summed E-state index contributed by atoms with van der Waals surface area (Å²) >= 11 is 0. The largest absolute Gasteiger partial charge is 0.332 e. The van der Waals surface area contributed by atoms with Gasteiger partial charge in [0.15, 0.2) is 0 Å². The van der Waals surface area contributed by atoms with Gasteiger partial charge in [-0.05, 0) is 65.3 Å². The van der Waals surface area contributed by atoms with Crippen molar-refractivity contribution in [3.8, 4) is 11.1 Å². The van der Waals surface area contributed by atoms with Crippen molar-refractivity contribution in [1.29, 1.82) is 0 Å². The lowest BCUT2D eigenvalue weighted by Gasteiger charge is -2.29. The Labute approximate surface area is 196 Å². The predicted octanol–water partition coefficient (Wildman–Crippen LogP) is 4.75. The molecule has 1 amide bonds. The van der Waals surface area contributed by atoms with Crippen LogP contribution < -0.4 is 11.1 Å². The van der Waals surface area contributed by atoms with Crippen LogP contribution in [0.25, 0.3) is 16.7 Å². The highest BCUT2D eigenvalue weighted by molar-refractivity contribution is 6.02. The molecule has 4 nitrogen and oxygen atoms in total. The maximum atomic E-state index is 13.9. The Morgan fingerprint density at radius 1 is 0.879 bits per heavy atom. The molecule has 1 heterocycles. The molecular formula is C29H31N3O. The van der Waals surface area contributed by atoms with E-state index in [9.17, 15) is 4.79 Å². The molecule has 0 spiro atoms. The zero-order chi connectivity index (χ0) is 22.6. The van der Waals surface area contributed by atoms with E-state index in [4.69, 9.17) is 5.73 Å². The maximum absolute atomic E-state index is 13.9. The third-order valence-electron chi connectivity index (χ3n) is 6.72. The van der Waals surface area contributed by atoms with Gasteiger partial charge in [0.1, 0.15) is 0 Å². The van der Waals surface area contributed by atoms with Gasteiger partial charge in [-0.25, -0.2) is 0 Å². The third-order valence-corrected chi connectivity index (χ3v) is 6.72. The monoisotopic (exact) mass is 437 g/mol. The van der Waals surface area contributed by atoms with Gasteiger partial charge in [0.2, 0.25) is 0 Å². The summed E-state index contributed by atoms with van der Waals surface area (Å²) < 4.78 is 0. The molecule has 0 atom stereocenters. The van der Waals surface area contributed by atoms with E-state index in [2.05, 4.69) is 70.9 Å². The van der Waals surface area contributed by atoms with Gasteiger partial charge in [-0.15, -0.1) is 0 Å². The number of amides is 1. The van der Waals surface area contributed by atoms with Crippen molar-refractivity contribution in [2.24, 2.45) is 5.73 Å². The Hall–Kier alpha value is -3.21. The second-order valence-electron chi connectivity index (χ2n) is 8.97. The first kappa shape index (κ1) is 21.6. The van der Waals surface area contributed by atoms with Crippen LogP contribution in [-0.4, -0.2) is 29.9 Å². The van der Waals surface area contributed by atoms with E-state index in [0.29, 0.717) is 25.7 Å². The zero-order valence-electron chi connectivity index (χ0n) is 19.0. The van der Waals surface area contributed by atoms with Crippen LogP contribution in [0.4, 0.5) is 0 Å². The van der Waals surface area contributed by atoms with Crippen molar-refractivity contribution in [3.63, 3.8) is 0 Å². The van der Waals surface area contributed by atoms with Crippen molar-refractivity contribution in [3.05, 3.63) is 101 Å². The zero-order valence-corrected chi connectivity index (χ0v) is 19.0. The molecule has 1 fully saturated rings. The second-order valence-corrected chi connectivity index (χ2v) is 8.97. The molecule has 0 saturated heterocycles. The average Bonchev–Trinajstić information content (AvgIpc) is 3.73. The van der Waals surface area contributed by atoms with Crippen LogP contribution in [-0.2, 0) is 17.9 Å². The minimum Gasteiger partial charge on any atom is -0.332 e. The number of nitrogens with two attached hydrogens (primary N) is 1. The van der Waals surface area contributed by atoms with Crippen LogP contribution in [0.3, 0.4) is 0 Å². The SMILES string of the molecule is NCc1ccccc1CN(C(=O)C1=C(c2cccc(-c3ccccc3)c2)CCNC1)C1CC1. The van der Waals surface area contributed by atoms with Crippen molar-refractivity contribution in [2.45, 2.75) is 38.4 Å². The summed E-state index contributed by atoms with van der Waals surface area (Å²) in [4.78, 5) is 16.0. The maximum Gasteiger partial charge on any atom is 0.251 e. The van der Waals surface area contributed by atoms with Crippen LogP contribution in [0.5, 0.6) is 0 Å². The molecule has 33 heavy (non-hydrogen) atoms. The first-order chi connectivity index (χ1) is 16.2. The first-order valence-corrected chi connectivity index (χ1v) is 11.9. The number of carbonyl (C=O) groups is 1. The molecule has 168 valence electrons. The summed E-state index contributed by atoms with van der Waals surface area (Å²) in [5, 5.41) is 3.44. The van der Waals surface area contributed by atoms with E-state index in [0.717, 1.165) is 48.1 Å². The lowest BCUT2D eigenvalue weighted by Crippen LogP contribution is -2.39. The highest BCUT2D eigenvalue weighted by Gasteiger charge is 2.35. The molecular weight excluding hydrogens is 406 g/mol. The van der Waals surface area contributed by atoms with Gasteiger partial charge >= 0.3 is 0 Å². The summed E-state index contributed by atoms with van der Waals surface area (Å²) in [6.45, 7) is 2.62. The number of benzene rings is 3. The molecule has 2 aliphatic rings. The minimum absolute atomic E-state index is 0.164. The summed E-state index contributed by atoms with van der Waals surface area (Å²) in [5.41, 5.74) is 13.8. The summed E-state index contributed by atoms with van der Waals surface area (Å²) in [7, 11) is 0. The molecule has 0 radical (unpaired) electrons. The molecule has 3 aromatic rings. The molecule has 1 saturated carbocycles. The van der Waals surface area contributed by atoms with Crippen molar-refractivity contribution < 1.29 is 4.79 Å². The molecule has 1 aliphatic heterocycles. The minimum atomic E-state index is 0.164. The first-order valence-electron chi connectivity index (χ1n) is 11.9. The van der Waals surface area contributed by atoms with E-state index < -0.39 is 0 Å². The predicted molar refractivity (Wildman–Crippen MR) is 134 cm³/mol. The highest BCUT2D eigenvalue weighted by Crippen LogP contribution is 2.34. The van der Waals surface area contributed by atoms with Crippen molar-refractivity contribution >= 4 is 11.5 Å². The van der Waals surface area contributed by atoms with Crippen LogP contribution >= 0.6 is 0 Å². The Morgan fingerprint density at radius 2 is 1.58 bits per heavy atom. The fraction of sp³-hybridized carbons (Fsp3) is 0.276. The topological polar surface area (TPSA) is 58.4 Å². The van der Waals surface area contributed by atoms with E-state index in [1.165, 1.54) is 16.7 Å². The molecule has 0 aromatic heterocycles. The standard InChI is InChI=1S/C29H31N3O/c30-18-24-9-4-5-10-25(24)20-32(26-13-14-26)29(33)28-19-31-16-15-27(28)23-12-6-11-22(17-23)21-7-2-1-3-8-21/h1-12,17,26,31H,13-16,18-20,30H2. The Morgan fingerprint density at radius 3 is 2.33 bits per heavy atom. The lowest BCUT2D eigenvalue weighted by atomic mass is 9.91. The number of hydrogen-bond donors (Lipinski definition) is 2. The smallest absolute Gasteiger partial charge is 0.251 e. The van der Waals surface area contributed by atoms with E-state index in [-0.39, 0.29) is 5.91 Å². The third kappa shape index (κ3) is 4.77. The van der Waals surface area contributed by atoms with Crippen LogP contribution in [0.2, 0.25) is 0 Å². The Bertz CT molecular complexity index is 1160. The quantitative estimate of drug-likeness (QED) is 0.561. The highest BCUT2D eigenvalue weighted by atomic mass is 16.2. The average molecular weight is 438 g/mol. The Kier molecular flexibility index (Phi) is 6.38. The summed E-state index contributed by atoms with van der Waals surface area (Å²) in [5.74, 6) is 0.164. The fourth-order valence-corrected chi connectivity index (χ4v) is 4.75. The summed E-state index contributed by atoms with van der Waals surface area (Å²) in [6, 6.07) is 27.6. The molecule has 5 rings (SSSR count). The van der Waals surface area contributed by atoms with E-state index in [1.807, 2.05) is 18.2 Å². The lowest BCUT2D eigenvalue weighted by molar-refractivity contribution is -0.128. The van der Waals surface area contributed by atoms with E-state index in [1.54, 1.807) is 0 Å². The van der Waals surface area contributed by atoms with Gasteiger partial charge < -0.3 is 16.0 Å². The molecule has 0 bridgehead atoms. The molecule has 4 heteroatoms. The van der Waals surface area contributed by atoms with Crippen LogP contribution in [0.1, 0.15) is 36.0 Å². The summed E-state index contributed by atoms with van der Waals surface area (Å²) in [6.07, 6.45) is 3.02. The van der Waals surface area contributed by atoms with Crippen molar-refractivity contribution in [2.75, 3.05) is 13.1 Å². The Balaban J connectivity index is 1.49. The number of nitrogens with zero attached hydrogens (tertiary/aromatic N) is 1. The molecule has 0 unspecified atom stereocenters. The molecule has 3 N–H and O–H groups in total. The van der Waals surface area contributed by atoms with Gasteiger partial charge in [0.25, 0.3) is 5.91 Å². The second kappa shape index (κ2) is 9.74. The normalized spacial score (nSPS) is 16.0. The van der Waals surface area contributed by atoms with E-state index >= 15 is 0 Å². The fourth-order valence-electron chi connectivity index (χ4n) is 4.75. The van der Waals surface area contributed by atoms with Gasteiger partial charge in [-0.1, -0.05) is 72.8 Å². The van der Waals surface area contributed by atoms with Crippen molar-refractivity contribution in [1.82, 2.24) is 10.2 Å². The van der Waals surface area contributed by atoms with Gasteiger partial charge in [0.05, 0.1) is 0 Å². The molecule has 3 aromatic carbocycles. The van der Waals surface area contributed by atoms with Crippen LogP contribution in [0.15, 0.2) is 84.4 Å². The van der Waals surface area contributed by atoms with Gasteiger partial charge in [-0.3, -0.25) is 4.79 Å². The van der Waals surface area contributed by atoms with Crippen LogP contribution in [0, 0.1) is 0 Å². The number of rotatable bonds is 7. The number of hydrogen-bond acceptors (Lipinski definition) is 3. The number of nitrogens with one attached hydrogen (secondary N) is 1.